The molecule has 0 unspecified atom stereocenters. The molecule has 7 nitrogen and oxygen atoms in total. The van der Waals surface area contributed by atoms with Crippen molar-refractivity contribution in [3.05, 3.63) is 119 Å². The number of rotatable bonds is 7. The summed E-state index contributed by atoms with van der Waals surface area (Å²) in [5.41, 5.74) is 3.84. The zero-order valence-corrected chi connectivity index (χ0v) is 21.2. The van der Waals surface area contributed by atoms with E-state index in [9.17, 15) is 14.0 Å². The first-order valence-electron chi connectivity index (χ1n) is 12.7. The van der Waals surface area contributed by atoms with Crippen molar-refractivity contribution in [2.24, 2.45) is 0 Å². The fourth-order valence-corrected chi connectivity index (χ4v) is 5.13. The summed E-state index contributed by atoms with van der Waals surface area (Å²) in [7, 11) is 1.48. The third-order valence-electron chi connectivity index (χ3n) is 6.95. The molecule has 0 spiro atoms. The van der Waals surface area contributed by atoms with Crippen LogP contribution in [-0.4, -0.2) is 36.9 Å². The number of nitrogens with zero attached hydrogens (tertiary/aromatic N) is 1. The second-order valence-electron chi connectivity index (χ2n) is 9.36. The number of benzene rings is 4. The van der Waals surface area contributed by atoms with Crippen LogP contribution in [0.1, 0.15) is 43.5 Å². The minimum Gasteiger partial charge on any atom is -0.494 e. The predicted molar refractivity (Wildman–Crippen MR) is 146 cm³/mol. The van der Waals surface area contributed by atoms with Gasteiger partial charge in [-0.15, -0.1) is 0 Å². The highest BCUT2D eigenvalue weighted by Gasteiger charge is 2.45. The number of carbonyl (C=O) groups excluding carboxylic acids is 2. The zero-order valence-electron chi connectivity index (χ0n) is 21.2. The molecule has 0 saturated heterocycles. The van der Waals surface area contributed by atoms with Crippen LogP contribution in [0.4, 0.5) is 15.8 Å². The van der Waals surface area contributed by atoms with E-state index in [1.807, 2.05) is 60.7 Å². The zero-order chi connectivity index (χ0) is 26.9. The number of hydrogen-bond donors (Lipinski definition) is 2. The number of nitrogens with one attached hydrogen (secondary N) is 2. The summed E-state index contributed by atoms with van der Waals surface area (Å²) in [5.74, 6) is -0.813. The molecule has 8 heteroatoms. The van der Waals surface area contributed by atoms with Gasteiger partial charge in [-0.2, -0.15) is 0 Å². The summed E-state index contributed by atoms with van der Waals surface area (Å²) < 4.78 is 26.0. The monoisotopic (exact) mass is 523 g/mol. The average molecular weight is 524 g/mol. The van der Waals surface area contributed by atoms with E-state index >= 15 is 0 Å². The van der Waals surface area contributed by atoms with Gasteiger partial charge in [0.1, 0.15) is 34.4 Å². The Kier molecular flexibility index (Phi) is 6.36. The molecule has 39 heavy (non-hydrogen) atoms. The molecular formula is C31H26FN3O4. The minimum absolute atomic E-state index is 0.0124. The quantitative estimate of drug-likeness (QED) is 0.306. The van der Waals surface area contributed by atoms with Crippen molar-refractivity contribution in [2.45, 2.75) is 12.6 Å². The maximum atomic E-state index is 14.0. The molecule has 2 N–H and O–H groups in total. The first-order chi connectivity index (χ1) is 19.1. The van der Waals surface area contributed by atoms with E-state index in [2.05, 4.69) is 10.6 Å². The van der Waals surface area contributed by atoms with Gasteiger partial charge < -0.3 is 20.1 Å². The SMILES string of the molecule is COc1c2c(c(OC(c3ccccc3)c3ccccc3)c3c1C(=O)N(Cc1ccc(F)cc1)C3=O)NCCN2. The highest BCUT2D eigenvalue weighted by Crippen LogP contribution is 2.52. The second-order valence-corrected chi connectivity index (χ2v) is 9.36. The van der Waals surface area contributed by atoms with Crippen LogP contribution in [-0.2, 0) is 6.54 Å². The highest BCUT2D eigenvalue weighted by molar-refractivity contribution is 6.26. The summed E-state index contributed by atoms with van der Waals surface area (Å²) in [4.78, 5) is 28.9. The van der Waals surface area contributed by atoms with E-state index in [1.54, 1.807) is 12.1 Å². The van der Waals surface area contributed by atoms with Crippen molar-refractivity contribution in [1.29, 1.82) is 0 Å². The van der Waals surface area contributed by atoms with Gasteiger partial charge in [0.15, 0.2) is 11.5 Å². The molecule has 2 heterocycles. The smallest absolute Gasteiger partial charge is 0.265 e. The first kappa shape index (κ1) is 24.5. The summed E-state index contributed by atoms with van der Waals surface area (Å²) in [6.45, 7) is 1.18. The van der Waals surface area contributed by atoms with Gasteiger partial charge in [-0.25, -0.2) is 4.39 Å². The Bertz CT molecular complexity index is 1500. The van der Waals surface area contributed by atoms with Crippen LogP contribution in [0.25, 0.3) is 0 Å². The molecule has 0 aromatic heterocycles. The van der Waals surface area contributed by atoms with Crippen molar-refractivity contribution < 1.29 is 23.5 Å². The molecule has 0 saturated carbocycles. The maximum absolute atomic E-state index is 14.0. The van der Waals surface area contributed by atoms with Gasteiger partial charge in [0.2, 0.25) is 0 Å². The second kappa shape index (κ2) is 10.1. The van der Waals surface area contributed by atoms with E-state index in [4.69, 9.17) is 9.47 Å². The Balaban J connectivity index is 1.51. The molecular weight excluding hydrogens is 497 g/mol. The topological polar surface area (TPSA) is 79.9 Å². The third-order valence-corrected chi connectivity index (χ3v) is 6.95. The number of fused-ring (bicyclic) bond motifs is 2. The number of halogens is 1. The maximum Gasteiger partial charge on any atom is 0.265 e. The number of hydrogen-bond acceptors (Lipinski definition) is 6. The standard InChI is InChI=1S/C31H26FN3O4/c1-38-28-23-24(31(37)35(30(23)36)18-19-12-14-22(32)15-13-19)29(26-25(28)33-16-17-34-26)39-27(20-8-4-2-5-9-20)21-10-6-3-7-11-21/h2-15,27,33-34H,16-18H2,1H3. The average Bonchev–Trinajstić information content (AvgIpc) is 3.22. The van der Waals surface area contributed by atoms with E-state index < -0.39 is 23.7 Å². The minimum atomic E-state index is -0.549. The van der Waals surface area contributed by atoms with Crippen molar-refractivity contribution in [3.8, 4) is 11.5 Å². The number of anilines is 2. The van der Waals surface area contributed by atoms with Crippen LogP contribution in [0.5, 0.6) is 11.5 Å². The molecule has 0 bridgehead atoms. The van der Waals surface area contributed by atoms with Crippen LogP contribution < -0.4 is 20.1 Å². The van der Waals surface area contributed by atoms with Gasteiger partial charge in [0, 0.05) is 13.1 Å². The Labute approximate surface area is 225 Å². The van der Waals surface area contributed by atoms with E-state index in [0.29, 0.717) is 30.0 Å². The molecule has 196 valence electrons. The molecule has 2 aliphatic heterocycles. The van der Waals surface area contributed by atoms with Gasteiger partial charge >= 0.3 is 0 Å². The van der Waals surface area contributed by atoms with Crippen molar-refractivity contribution in [3.63, 3.8) is 0 Å². The largest absolute Gasteiger partial charge is 0.494 e. The molecule has 4 aromatic rings. The van der Waals surface area contributed by atoms with Crippen LogP contribution in [0.15, 0.2) is 84.9 Å². The number of carbonyl (C=O) groups is 2. The number of methoxy groups -OCH3 is 1. The number of imide groups is 1. The summed E-state index contributed by atoms with van der Waals surface area (Å²) in [5, 5.41) is 6.68. The van der Waals surface area contributed by atoms with Crippen molar-refractivity contribution in [1.82, 2.24) is 4.90 Å². The molecule has 6 rings (SSSR count). The van der Waals surface area contributed by atoms with Crippen LogP contribution in [0.2, 0.25) is 0 Å². The molecule has 4 aromatic carbocycles. The summed E-state index contributed by atoms with van der Waals surface area (Å²) in [6.07, 6.45) is -0.549. The predicted octanol–water partition coefficient (Wildman–Crippen LogP) is 5.64. The fourth-order valence-electron chi connectivity index (χ4n) is 5.13. The number of amides is 2. The highest BCUT2D eigenvalue weighted by atomic mass is 19.1. The summed E-state index contributed by atoms with van der Waals surface area (Å²) in [6, 6.07) is 25.2. The lowest BCUT2D eigenvalue weighted by Crippen LogP contribution is -2.29. The van der Waals surface area contributed by atoms with Crippen molar-refractivity contribution in [2.75, 3.05) is 30.8 Å². The van der Waals surface area contributed by atoms with Crippen molar-refractivity contribution >= 4 is 23.2 Å². The van der Waals surface area contributed by atoms with Crippen LogP contribution in [0.3, 0.4) is 0 Å². The normalized spacial score (nSPS) is 14.0. The van der Waals surface area contributed by atoms with E-state index in [0.717, 1.165) is 16.0 Å². The van der Waals surface area contributed by atoms with E-state index in [-0.39, 0.29) is 29.2 Å². The Morgan fingerprint density at radius 1 is 0.769 bits per heavy atom. The van der Waals surface area contributed by atoms with Crippen LogP contribution >= 0.6 is 0 Å². The summed E-state index contributed by atoms with van der Waals surface area (Å²) >= 11 is 0. The lowest BCUT2D eigenvalue weighted by molar-refractivity contribution is 0.0640. The third kappa shape index (κ3) is 4.33. The lowest BCUT2D eigenvalue weighted by atomic mass is 9.99. The first-order valence-corrected chi connectivity index (χ1v) is 12.7. The van der Waals surface area contributed by atoms with Gasteiger partial charge in [-0.1, -0.05) is 72.8 Å². The van der Waals surface area contributed by atoms with Gasteiger partial charge in [0.05, 0.1) is 13.7 Å². The lowest BCUT2D eigenvalue weighted by Gasteiger charge is -2.29. The Morgan fingerprint density at radius 2 is 1.28 bits per heavy atom. The molecule has 0 radical (unpaired) electrons. The molecule has 0 fully saturated rings. The molecule has 0 aliphatic carbocycles. The van der Waals surface area contributed by atoms with Gasteiger partial charge in [-0.3, -0.25) is 14.5 Å². The van der Waals surface area contributed by atoms with Gasteiger partial charge in [0.25, 0.3) is 11.8 Å². The molecule has 0 atom stereocenters. The molecule has 2 amide bonds. The van der Waals surface area contributed by atoms with Gasteiger partial charge in [-0.05, 0) is 28.8 Å². The Morgan fingerprint density at radius 3 is 1.82 bits per heavy atom. The fraction of sp³-hybridized carbons (Fsp3) is 0.161. The van der Waals surface area contributed by atoms with E-state index in [1.165, 1.54) is 19.2 Å². The number of ether oxygens (including phenoxy) is 2. The molecule has 2 aliphatic rings. The Hall–Kier alpha value is -4.85. The van der Waals surface area contributed by atoms with Crippen LogP contribution in [0, 0.1) is 5.82 Å².